The lowest BCUT2D eigenvalue weighted by Crippen LogP contribution is -2.46. The van der Waals surface area contributed by atoms with Crippen molar-refractivity contribution in [2.75, 3.05) is 18.0 Å². The van der Waals surface area contributed by atoms with Crippen LogP contribution < -0.4 is 16.0 Å². The molecule has 1 amide bonds. The Balaban J connectivity index is 1.59. The first-order valence-corrected chi connectivity index (χ1v) is 10.8. The highest BCUT2D eigenvalue weighted by Gasteiger charge is 2.26. The van der Waals surface area contributed by atoms with E-state index in [0.29, 0.717) is 17.6 Å². The van der Waals surface area contributed by atoms with Gasteiger partial charge in [0.2, 0.25) is 0 Å². The Labute approximate surface area is 172 Å². The van der Waals surface area contributed by atoms with Crippen molar-refractivity contribution in [1.29, 1.82) is 0 Å². The van der Waals surface area contributed by atoms with Gasteiger partial charge in [0.15, 0.2) is 0 Å². The van der Waals surface area contributed by atoms with Crippen LogP contribution in [0, 0.1) is 6.92 Å². The number of aliphatic imine (C=N–C) groups is 1. The molecule has 1 saturated heterocycles. The summed E-state index contributed by atoms with van der Waals surface area (Å²) in [6.45, 7) is 5.45. The summed E-state index contributed by atoms with van der Waals surface area (Å²) in [5, 5.41) is 4.79. The van der Waals surface area contributed by atoms with Gasteiger partial charge in [0.25, 0.3) is 5.91 Å². The van der Waals surface area contributed by atoms with Crippen molar-refractivity contribution in [3.8, 4) is 0 Å². The van der Waals surface area contributed by atoms with Crippen molar-refractivity contribution >= 4 is 28.5 Å². The maximum absolute atomic E-state index is 12.8. The molecule has 6 nitrogen and oxygen atoms in total. The maximum Gasteiger partial charge on any atom is 0.282 e. The molecule has 4 rings (SSSR count). The minimum atomic E-state index is -0.317. The van der Waals surface area contributed by atoms with Crippen LogP contribution in [0.2, 0.25) is 0 Å². The Morgan fingerprint density at radius 1 is 1.14 bits per heavy atom. The summed E-state index contributed by atoms with van der Waals surface area (Å²) < 4.78 is 0. The number of nitrogens with one attached hydrogen (secondary N) is 1. The van der Waals surface area contributed by atoms with Crippen LogP contribution in [0.15, 0.2) is 29.3 Å². The molecular formula is C23H31N5O. The number of hydrogen-bond donors (Lipinski definition) is 2. The highest BCUT2D eigenvalue weighted by Crippen LogP contribution is 2.28. The number of carbonyl (C=O) groups excluding carboxylic acids is 1. The molecule has 1 aliphatic carbocycles. The Morgan fingerprint density at radius 2 is 1.83 bits per heavy atom. The zero-order valence-corrected chi connectivity index (χ0v) is 17.4. The number of hydrogen-bond acceptors (Lipinski definition) is 4. The lowest BCUT2D eigenvalue weighted by Gasteiger charge is -2.35. The molecule has 1 aromatic carbocycles. The van der Waals surface area contributed by atoms with Gasteiger partial charge in [0.1, 0.15) is 11.7 Å². The van der Waals surface area contributed by atoms with Gasteiger partial charge in [-0.3, -0.25) is 4.79 Å². The summed E-state index contributed by atoms with van der Waals surface area (Å²) in [7, 11) is 0. The summed E-state index contributed by atoms with van der Waals surface area (Å²) in [5.74, 6) is 0.683. The maximum atomic E-state index is 12.8. The number of amides is 1. The number of amidine groups is 1. The van der Waals surface area contributed by atoms with Gasteiger partial charge in [-0.25, -0.2) is 4.98 Å². The molecule has 1 saturated carbocycles. The zero-order chi connectivity index (χ0) is 20.4. The molecule has 1 aliphatic heterocycles. The van der Waals surface area contributed by atoms with Crippen molar-refractivity contribution in [3.63, 3.8) is 0 Å². The van der Waals surface area contributed by atoms with Crippen LogP contribution in [0.1, 0.15) is 61.4 Å². The second kappa shape index (κ2) is 8.49. The lowest BCUT2D eigenvalue weighted by molar-refractivity contribution is 0.100. The van der Waals surface area contributed by atoms with E-state index in [1.54, 1.807) is 6.92 Å². The summed E-state index contributed by atoms with van der Waals surface area (Å²) in [6, 6.07) is 9.30. The van der Waals surface area contributed by atoms with E-state index in [9.17, 15) is 4.79 Å². The molecule has 1 aromatic heterocycles. The van der Waals surface area contributed by atoms with Crippen molar-refractivity contribution in [2.24, 2.45) is 10.7 Å². The van der Waals surface area contributed by atoms with Gasteiger partial charge in [-0.05, 0) is 57.7 Å². The standard InChI is InChI=1S/C23H31N5O/c1-15-7-8-21-17(13-15)14-20(23(29)25-16(2)24)22(27-21)28-11-9-19(10-12-28)26-18-5-3-4-6-18/h7-8,13-14,18-19,26H,3-6,9-12H2,1-2H3,(H2,24,25,29). The van der Waals surface area contributed by atoms with Gasteiger partial charge in [-0.2, -0.15) is 4.99 Å². The molecule has 3 N–H and O–H groups in total. The fourth-order valence-corrected chi connectivity index (χ4v) is 4.59. The van der Waals surface area contributed by atoms with Gasteiger partial charge in [0, 0.05) is 30.6 Å². The summed E-state index contributed by atoms with van der Waals surface area (Å²) in [5.41, 5.74) is 8.26. The first kappa shape index (κ1) is 19.8. The minimum absolute atomic E-state index is 0.268. The number of piperidine rings is 1. The van der Waals surface area contributed by atoms with E-state index in [2.05, 4.69) is 27.3 Å². The molecular weight excluding hydrogens is 362 g/mol. The van der Waals surface area contributed by atoms with Crippen LogP contribution in [0.3, 0.4) is 0 Å². The molecule has 0 spiro atoms. The molecule has 0 unspecified atom stereocenters. The SMILES string of the molecule is CC(N)=NC(=O)c1cc2cc(C)ccc2nc1N1CCC(NC2CCCC2)CC1. The molecule has 2 aromatic rings. The smallest absolute Gasteiger partial charge is 0.282 e. The Morgan fingerprint density at radius 3 is 2.52 bits per heavy atom. The molecule has 2 heterocycles. The quantitative estimate of drug-likeness (QED) is 0.613. The second-order valence-electron chi connectivity index (χ2n) is 8.52. The van der Waals surface area contributed by atoms with E-state index < -0.39 is 0 Å². The molecule has 6 heteroatoms. The topological polar surface area (TPSA) is 83.6 Å². The Hall–Kier alpha value is -2.47. The summed E-state index contributed by atoms with van der Waals surface area (Å²) in [6.07, 6.45) is 7.45. The third-order valence-corrected chi connectivity index (χ3v) is 6.08. The number of nitrogens with zero attached hydrogens (tertiary/aromatic N) is 3. The molecule has 0 radical (unpaired) electrons. The summed E-state index contributed by atoms with van der Waals surface area (Å²) >= 11 is 0. The molecule has 0 bridgehead atoms. The third kappa shape index (κ3) is 4.58. The predicted molar refractivity (Wildman–Crippen MR) is 119 cm³/mol. The normalized spacial score (nSPS) is 19.2. The van der Waals surface area contributed by atoms with Gasteiger partial charge < -0.3 is 16.0 Å². The number of aromatic nitrogens is 1. The number of aryl methyl sites for hydroxylation is 1. The largest absolute Gasteiger partial charge is 0.387 e. The number of fused-ring (bicyclic) bond motifs is 1. The highest BCUT2D eigenvalue weighted by atomic mass is 16.1. The van der Waals surface area contributed by atoms with Gasteiger partial charge in [-0.15, -0.1) is 0 Å². The molecule has 29 heavy (non-hydrogen) atoms. The van der Waals surface area contributed by atoms with E-state index in [1.807, 2.05) is 19.1 Å². The van der Waals surface area contributed by atoms with E-state index in [0.717, 1.165) is 48.2 Å². The number of rotatable bonds is 4. The zero-order valence-electron chi connectivity index (χ0n) is 17.4. The van der Waals surface area contributed by atoms with Crippen LogP contribution in [0.25, 0.3) is 10.9 Å². The number of pyridine rings is 1. The number of carbonyl (C=O) groups is 1. The van der Waals surface area contributed by atoms with Crippen LogP contribution in [-0.2, 0) is 0 Å². The Kier molecular flexibility index (Phi) is 5.81. The van der Waals surface area contributed by atoms with Crippen LogP contribution >= 0.6 is 0 Å². The van der Waals surface area contributed by atoms with Gasteiger partial charge in [0.05, 0.1) is 11.1 Å². The van der Waals surface area contributed by atoms with E-state index in [-0.39, 0.29) is 11.7 Å². The number of nitrogens with two attached hydrogens (primary N) is 1. The van der Waals surface area contributed by atoms with E-state index in [4.69, 9.17) is 10.7 Å². The molecule has 2 fully saturated rings. The molecule has 154 valence electrons. The number of anilines is 1. The van der Waals surface area contributed by atoms with Gasteiger partial charge >= 0.3 is 0 Å². The van der Waals surface area contributed by atoms with E-state index in [1.165, 1.54) is 25.7 Å². The molecule has 2 aliphatic rings. The van der Waals surface area contributed by atoms with Crippen LogP contribution in [0.4, 0.5) is 5.82 Å². The Bertz CT molecular complexity index is 920. The first-order chi connectivity index (χ1) is 14.0. The highest BCUT2D eigenvalue weighted by molar-refractivity contribution is 6.07. The van der Waals surface area contributed by atoms with Crippen molar-refractivity contribution < 1.29 is 4.79 Å². The fourth-order valence-electron chi connectivity index (χ4n) is 4.59. The van der Waals surface area contributed by atoms with Crippen LogP contribution in [0.5, 0.6) is 0 Å². The predicted octanol–water partition coefficient (Wildman–Crippen LogP) is 3.56. The van der Waals surface area contributed by atoms with Crippen molar-refractivity contribution in [1.82, 2.24) is 10.3 Å². The minimum Gasteiger partial charge on any atom is -0.387 e. The van der Waals surface area contributed by atoms with Crippen LogP contribution in [-0.4, -0.2) is 41.9 Å². The van der Waals surface area contributed by atoms with Crippen molar-refractivity contribution in [2.45, 2.75) is 64.5 Å². The fraction of sp³-hybridized carbons (Fsp3) is 0.522. The van der Waals surface area contributed by atoms with Gasteiger partial charge in [-0.1, -0.05) is 24.5 Å². The second-order valence-corrected chi connectivity index (χ2v) is 8.52. The van der Waals surface area contributed by atoms with E-state index >= 15 is 0 Å². The lowest BCUT2D eigenvalue weighted by atomic mass is 10.0. The average molecular weight is 394 g/mol. The monoisotopic (exact) mass is 393 g/mol. The number of benzene rings is 1. The summed E-state index contributed by atoms with van der Waals surface area (Å²) in [4.78, 5) is 23.9. The molecule has 0 atom stereocenters. The first-order valence-electron chi connectivity index (χ1n) is 10.8. The van der Waals surface area contributed by atoms with Crippen molar-refractivity contribution in [3.05, 3.63) is 35.4 Å². The average Bonchev–Trinajstić information content (AvgIpc) is 3.20. The third-order valence-electron chi connectivity index (χ3n) is 6.08.